The first-order valence-electron chi connectivity index (χ1n) is 4.31. The van der Waals surface area contributed by atoms with Crippen molar-refractivity contribution in [2.45, 2.75) is 0 Å². The summed E-state index contributed by atoms with van der Waals surface area (Å²) < 4.78 is 0. The first-order valence-corrected chi connectivity index (χ1v) is 4.31. The maximum absolute atomic E-state index is 9.23. The standard InChI is InChI=1S/C9H11N3O2/c13-8-2-1-7(5-9(8)14)11-12-4-3-10-6-12/h1-2,5-6,11,13-14H,3-4H2. The molecule has 0 aliphatic carbocycles. The fourth-order valence-corrected chi connectivity index (χ4v) is 1.22. The Bertz CT molecular complexity index is 365. The highest BCUT2D eigenvalue weighted by atomic mass is 16.3. The van der Waals surface area contributed by atoms with E-state index in [1.54, 1.807) is 12.4 Å². The summed E-state index contributed by atoms with van der Waals surface area (Å²) in [5, 5.41) is 20.1. The minimum absolute atomic E-state index is 0.120. The van der Waals surface area contributed by atoms with Crippen molar-refractivity contribution in [1.82, 2.24) is 5.01 Å². The van der Waals surface area contributed by atoms with E-state index in [9.17, 15) is 5.11 Å². The van der Waals surface area contributed by atoms with Crippen molar-refractivity contribution in [3.8, 4) is 11.5 Å². The number of anilines is 1. The van der Waals surface area contributed by atoms with Crippen LogP contribution in [0.25, 0.3) is 0 Å². The van der Waals surface area contributed by atoms with Gasteiger partial charge in [0.1, 0.15) is 6.34 Å². The molecule has 0 spiro atoms. The number of phenolic OH excluding ortho intramolecular Hbond substituents is 2. The van der Waals surface area contributed by atoms with E-state index in [0.29, 0.717) is 5.69 Å². The summed E-state index contributed by atoms with van der Waals surface area (Å²) in [6.45, 7) is 1.58. The summed E-state index contributed by atoms with van der Waals surface area (Å²) in [7, 11) is 0. The van der Waals surface area contributed by atoms with Crippen LogP contribution in [0, 0.1) is 0 Å². The lowest BCUT2D eigenvalue weighted by molar-refractivity contribution is 0.403. The van der Waals surface area contributed by atoms with Crippen molar-refractivity contribution in [3.05, 3.63) is 18.2 Å². The van der Waals surface area contributed by atoms with Crippen molar-refractivity contribution in [3.63, 3.8) is 0 Å². The van der Waals surface area contributed by atoms with Crippen molar-refractivity contribution in [2.75, 3.05) is 18.5 Å². The number of hydrogen-bond donors (Lipinski definition) is 3. The highest BCUT2D eigenvalue weighted by Crippen LogP contribution is 2.27. The number of nitrogens with one attached hydrogen (secondary N) is 1. The molecule has 3 N–H and O–H groups in total. The molecule has 1 aromatic carbocycles. The number of nitrogens with zero attached hydrogens (tertiary/aromatic N) is 2. The number of hydrazine groups is 1. The summed E-state index contributed by atoms with van der Waals surface area (Å²) in [6, 6.07) is 4.58. The number of hydrogen-bond acceptors (Lipinski definition) is 5. The fraction of sp³-hybridized carbons (Fsp3) is 0.222. The second-order valence-corrected chi connectivity index (χ2v) is 3.03. The van der Waals surface area contributed by atoms with Gasteiger partial charge in [-0.2, -0.15) is 0 Å². The molecule has 0 saturated carbocycles. The quantitative estimate of drug-likeness (QED) is 0.479. The Hall–Kier alpha value is -1.91. The monoisotopic (exact) mass is 193 g/mol. The molecule has 1 aliphatic rings. The zero-order valence-electron chi connectivity index (χ0n) is 7.51. The zero-order chi connectivity index (χ0) is 9.97. The van der Waals surface area contributed by atoms with E-state index >= 15 is 0 Å². The van der Waals surface area contributed by atoms with Gasteiger partial charge < -0.3 is 10.2 Å². The van der Waals surface area contributed by atoms with Crippen molar-refractivity contribution in [1.29, 1.82) is 0 Å². The molecule has 1 heterocycles. The summed E-state index contributed by atoms with van der Waals surface area (Å²) in [5.41, 5.74) is 3.74. The van der Waals surface area contributed by atoms with E-state index in [1.165, 1.54) is 12.1 Å². The summed E-state index contributed by atoms with van der Waals surface area (Å²) in [4.78, 5) is 4.03. The van der Waals surface area contributed by atoms with E-state index in [0.717, 1.165) is 13.1 Å². The maximum Gasteiger partial charge on any atom is 0.159 e. The number of benzene rings is 1. The SMILES string of the molecule is Oc1ccc(NN2C=NCC2)cc1O. The lowest BCUT2D eigenvalue weighted by atomic mass is 10.3. The fourth-order valence-electron chi connectivity index (χ4n) is 1.22. The third-order valence-corrected chi connectivity index (χ3v) is 1.94. The second-order valence-electron chi connectivity index (χ2n) is 3.03. The van der Waals surface area contributed by atoms with Gasteiger partial charge >= 0.3 is 0 Å². The molecule has 0 bridgehead atoms. The third-order valence-electron chi connectivity index (χ3n) is 1.94. The number of rotatable bonds is 2. The minimum atomic E-state index is -0.133. The van der Waals surface area contributed by atoms with Crippen LogP contribution in [0.1, 0.15) is 0 Å². The van der Waals surface area contributed by atoms with Crippen LogP contribution in [0.5, 0.6) is 11.5 Å². The molecule has 0 amide bonds. The Labute approximate surface area is 81.3 Å². The van der Waals surface area contributed by atoms with Crippen LogP contribution in [0.3, 0.4) is 0 Å². The molecular formula is C9H11N3O2. The van der Waals surface area contributed by atoms with Gasteiger partial charge in [0.2, 0.25) is 0 Å². The predicted molar refractivity (Wildman–Crippen MR) is 53.5 cm³/mol. The summed E-state index contributed by atoms with van der Waals surface area (Å²) in [5.74, 6) is -0.253. The molecule has 5 nitrogen and oxygen atoms in total. The van der Waals surface area contributed by atoms with E-state index < -0.39 is 0 Å². The van der Waals surface area contributed by atoms with Gasteiger partial charge in [0.05, 0.1) is 18.8 Å². The van der Waals surface area contributed by atoms with Crippen LogP contribution >= 0.6 is 0 Å². The largest absolute Gasteiger partial charge is 0.504 e. The summed E-state index contributed by atoms with van der Waals surface area (Å²) >= 11 is 0. The molecule has 0 unspecified atom stereocenters. The van der Waals surface area contributed by atoms with Crippen molar-refractivity contribution >= 4 is 12.0 Å². The van der Waals surface area contributed by atoms with Crippen molar-refractivity contribution in [2.24, 2.45) is 4.99 Å². The first kappa shape index (κ1) is 8.68. The Morgan fingerprint density at radius 1 is 1.29 bits per heavy atom. The van der Waals surface area contributed by atoms with Gasteiger partial charge in [-0.05, 0) is 12.1 Å². The molecule has 1 aliphatic heterocycles. The van der Waals surface area contributed by atoms with Gasteiger partial charge in [0.25, 0.3) is 0 Å². The Morgan fingerprint density at radius 3 is 2.79 bits per heavy atom. The molecule has 0 radical (unpaired) electrons. The van der Waals surface area contributed by atoms with Gasteiger partial charge in [-0.15, -0.1) is 0 Å². The van der Waals surface area contributed by atoms with E-state index in [4.69, 9.17) is 5.11 Å². The first-order chi connectivity index (χ1) is 6.75. The van der Waals surface area contributed by atoms with E-state index in [2.05, 4.69) is 10.4 Å². The van der Waals surface area contributed by atoms with Crippen LogP contribution in [-0.4, -0.2) is 34.7 Å². The minimum Gasteiger partial charge on any atom is -0.504 e. The van der Waals surface area contributed by atoms with Crippen LogP contribution in [0.15, 0.2) is 23.2 Å². The lowest BCUT2D eigenvalue weighted by Gasteiger charge is -2.16. The highest BCUT2D eigenvalue weighted by molar-refractivity contribution is 5.62. The molecule has 0 saturated heterocycles. The zero-order valence-corrected chi connectivity index (χ0v) is 7.51. The Morgan fingerprint density at radius 2 is 2.14 bits per heavy atom. The van der Waals surface area contributed by atoms with Crippen LogP contribution in [0.2, 0.25) is 0 Å². The van der Waals surface area contributed by atoms with Gasteiger partial charge in [-0.3, -0.25) is 15.4 Å². The van der Waals surface area contributed by atoms with Crippen LogP contribution in [-0.2, 0) is 0 Å². The molecule has 0 fully saturated rings. The molecule has 1 aromatic rings. The number of aromatic hydroxyl groups is 2. The topological polar surface area (TPSA) is 68.1 Å². The van der Waals surface area contributed by atoms with Gasteiger partial charge in [-0.1, -0.05) is 0 Å². The normalized spacial score (nSPS) is 14.7. The summed E-state index contributed by atoms with van der Waals surface area (Å²) in [6.07, 6.45) is 1.70. The molecule has 2 rings (SSSR count). The average molecular weight is 193 g/mol. The molecular weight excluding hydrogens is 182 g/mol. The van der Waals surface area contributed by atoms with E-state index in [1.807, 2.05) is 5.01 Å². The Balaban J connectivity index is 2.09. The molecule has 5 heteroatoms. The van der Waals surface area contributed by atoms with Gasteiger partial charge in [0, 0.05) is 6.07 Å². The third kappa shape index (κ3) is 1.71. The van der Waals surface area contributed by atoms with Crippen LogP contribution in [0.4, 0.5) is 5.69 Å². The van der Waals surface area contributed by atoms with Gasteiger partial charge in [-0.25, -0.2) is 0 Å². The second kappa shape index (κ2) is 3.45. The van der Waals surface area contributed by atoms with Crippen molar-refractivity contribution < 1.29 is 10.2 Å². The average Bonchev–Trinajstić information content (AvgIpc) is 2.64. The maximum atomic E-state index is 9.23. The molecule has 14 heavy (non-hydrogen) atoms. The highest BCUT2D eigenvalue weighted by Gasteiger charge is 2.06. The van der Waals surface area contributed by atoms with Gasteiger partial charge in [0.15, 0.2) is 11.5 Å². The smallest absolute Gasteiger partial charge is 0.159 e. The predicted octanol–water partition coefficient (Wildman–Crippen LogP) is 0.769. The lowest BCUT2D eigenvalue weighted by Crippen LogP contribution is -2.26. The molecule has 0 aromatic heterocycles. The van der Waals surface area contributed by atoms with E-state index in [-0.39, 0.29) is 11.5 Å². The number of aliphatic imine (C=N–C) groups is 1. The van der Waals surface area contributed by atoms with Crippen LogP contribution < -0.4 is 5.43 Å². The number of phenols is 2. The Kier molecular flexibility index (Phi) is 2.14. The molecule has 74 valence electrons. The molecule has 0 atom stereocenters.